The number of unbranched alkanes of at least 4 members (excludes halogenated alkanes) is 4. The Hall–Kier alpha value is -2.18. The van der Waals surface area contributed by atoms with Crippen molar-refractivity contribution in [3.05, 3.63) is 57.3 Å². The van der Waals surface area contributed by atoms with Crippen LogP contribution in [0.2, 0.25) is 0 Å². The molecule has 34 heavy (non-hydrogen) atoms. The lowest BCUT2D eigenvalue weighted by Crippen LogP contribution is -2.47. The summed E-state index contributed by atoms with van der Waals surface area (Å²) in [5, 5.41) is 2.13. The van der Waals surface area contributed by atoms with Crippen molar-refractivity contribution in [3.8, 4) is 0 Å². The molecular formula is C28H40N2O3S. The molecule has 1 aromatic carbocycles. The van der Waals surface area contributed by atoms with E-state index in [1.165, 1.54) is 40.8 Å². The second kappa shape index (κ2) is 13.6. The van der Waals surface area contributed by atoms with Crippen LogP contribution < -0.4 is 0 Å². The fraction of sp³-hybridized carbons (Fsp3) is 0.571. The number of aryl methyl sites for hydroxylation is 1. The summed E-state index contributed by atoms with van der Waals surface area (Å²) in [5.41, 5.74) is 3.58. The Labute approximate surface area is 209 Å². The van der Waals surface area contributed by atoms with Gasteiger partial charge in [0.05, 0.1) is 12.6 Å². The third-order valence-corrected chi connectivity index (χ3v) is 7.72. The minimum absolute atomic E-state index is 0.0295. The summed E-state index contributed by atoms with van der Waals surface area (Å²) in [6, 6.07) is 10.4. The molecule has 1 unspecified atom stereocenters. The van der Waals surface area contributed by atoms with Crippen molar-refractivity contribution in [1.82, 2.24) is 9.80 Å². The summed E-state index contributed by atoms with van der Waals surface area (Å²) in [7, 11) is 1.67. The number of nitrogens with zero attached hydrogens (tertiary/aromatic N) is 2. The first kappa shape index (κ1) is 26.4. The van der Waals surface area contributed by atoms with Crippen LogP contribution in [0.1, 0.15) is 79.5 Å². The maximum absolute atomic E-state index is 13.7. The van der Waals surface area contributed by atoms with E-state index in [0.29, 0.717) is 26.1 Å². The molecule has 0 saturated heterocycles. The molecule has 0 radical (unpaired) electrons. The predicted octanol–water partition coefficient (Wildman–Crippen LogP) is 5.76. The molecule has 5 nitrogen and oxygen atoms in total. The largest absolute Gasteiger partial charge is 0.385 e. The predicted molar refractivity (Wildman–Crippen MR) is 139 cm³/mol. The van der Waals surface area contributed by atoms with Crippen molar-refractivity contribution in [3.63, 3.8) is 0 Å². The van der Waals surface area contributed by atoms with Gasteiger partial charge in [0.1, 0.15) is 0 Å². The first-order valence-corrected chi connectivity index (χ1v) is 13.6. The molecule has 0 aliphatic carbocycles. The molecule has 2 amide bonds. The highest BCUT2D eigenvalue weighted by molar-refractivity contribution is 7.10. The first-order chi connectivity index (χ1) is 16.6. The van der Waals surface area contributed by atoms with Gasteiger partial charge in [0.25, 0.3) is 0 Å². The van der Waals surface area contributed by atoms with Crippen molar-refractivity contribution in [2.24, 2.45) is 0 Å². The lowest BCUT2D eigenvalue weighted by molar-refractivity contribution is -0.142. The zero-order valence-corrected chi connectivity index (χ0v) is 21.9. The van der Waals surface area contributed by atoms with E-state index in [1.54, 1.807) is 23.3 Å². The van der Waals surface area contributed by atoms with Gasteiger partial charge in [0.15, 0.2) is 0 Å². The van der Waals surface area contributed by atoms with Gasteiger partial charge >= 0.3 is 0 Å². The van der Waals surface area contributed by atoms with Gasteiger partial charge in [-0.2, -0.15) is 0 Å². The second-order valence-corrected chi connectivity index (χ2v) is 10.2. The van der Waals surface area contributed by atoms with Crippen molar-refractivity contribution in [2.45, 2.75) is 71.3 Å². The van der Waals surface area contributed by atoms with E-state index in [1.807, 2.05) is 17.0 Å². The maximum atomic E-state index is 13.7. The molecule has 1 aliphatic heterocycles. The minimum atomic E-state index is -0.0892. The summed E-state index contributed by atoms with van der Waals surface area (Å²) in [6.45, 7) is 6.26. The average Bonchev–Trinajstić information content (AvgIpc) is 3.32. The van der Waals surface area contributed by atoms with Crippen LogP contribution in [0.15, 0.2) is 35.7 Å². The number of rotatable bonds is 13. The maximum Gasteiger partial charge on any atom is 0.242 e. The molecule has 3 rings (SSSR count). The van der Waals surface area contributed by atoms with Crippen LogP contribution in [0, 0.1) is 6.92 Å². The van der Waals surface area contributed by atoms with Gasteiger partial charge in [0, 0.05) is 38.1 Å². The highest BCUT2D eigenvalue weighted by Gasteiger charge is 2.34. The summed E-state index contributed by atoms with van der Waals surface area (Å²) in [6.07, 6.45) is 7.65. The van der Waals surface area contributed by atoms with E-state index in [4.69, 9.17) is 4.74 Å². The standard InChI is InChI=1S/C28H40N2O3S/c1-4-5-6-7-8-14-26(31)29(17-11-19-33-3)21-27(32)30-18-15-25-24(16-20-34-25)28(30)23-13-10-9-12-22(23)2/h9-10,12-13,16,20,28H,4-8,11,14-15,17-19,21H2,1-3H3. The number of benzene rings is 1. The van der Waals surface area contributed by atoms with Gasteiger partial charge in [-0.05, 0) is 54.3 Å². The Morgan fingerprint density at radius 1 is 1.09 bits per heavy atom. The third kappa shape index (κ3) is 6.92. The zero-order chi connectivity index (χ0) is 24.3. The second-order valence-electron chi connectivity index (χ2n) is 9.22. The van der Waals surface area contributed by atoms with Crippen molar-refractivity contribution in [1.29, 1.82) is 0 Å². The number of thiophene rings is 1. The topological polar surface area (TPSA) is 49.9 Å². The quantitative estimate of drug-likeness (QED) is 0.340. The van der Waals surface area contributed by atoms with Crippen molar-refractivity contribution >= 4 is 23.2 Å². The molecule has 1 aromatic heterocycles. The number of carbonyl (C=O) groups excluding carboxylic acids is 2. The Bertz CT molecular complexity index is 926. The molecule has 2 heterocycles. The highest BCUT2D eigenvalue weighted by atomic mass is 32.1. The summed E-state index contributed by atoms with van der Waals surface area (Å²) in [5.74, 6) is 0.114. The molecule has 6 heteroatoms. The summed E-state index contributed by atoms with van der Waals surface area (Å²) < 4.78 is 5.20. The van der Waals surface area contributed by atoms with Crippen molar-refractivity contribution < 1.29 is 14.3 Å². The number of hydrogen-bond acceptors (Lipinski definition) is 4. The smallest absolute Gasteiger partial charge is 0.242 e. The summed E-state index contributed by atoms with van der Waals surface area (Å²) >= 11 is 1.77. The number of fused-ring (bicyclic) bond motifs is 1. The molecule has 0 saturated carbocycles. The van der Waals surface area contributed by atoms with E-state index in [-0.39, 0.29) is 24.4 Å². The van der Waals surface area contributed by atoms with Gasteiger partial charge in [-0.15, -0.1) is 11.3 Å². The molecule has 0 bridgehead atoms. The third-order valence-electron chi connectivity index (χ3n) is 6.72. The Morgan fingerprint density at radius 3 is 2.65 bits per heavy atom. The van der Waals surface area contributed by atoms with Gasteiger partial charge in [-0.1, -0.05) is 56.9 Å². The Kier molecular flexibility index (Phi) is 10.6. The SMILES string of the molecule is CCCCCCCC(=O)N(CCCOC)CC(=O)N1CCc2sccc2C1c1ccccc1C. The van der Waals surface area contributed by atoms with E-state index in [9.17, 15) is 9.59 Å². The van der Waals surface area contributed by atoms with Crippen molar-refractivity contribution in [2.75, 3.05) is 33.4 Å². The number of amides is 2. The molecular weight excluding hydrogens is 444 g/mol. The Morgan fingerprint density at radius 2 is 1.88 bits per heavy atom. The molecule has 186 valence electrons. The molecule has 1 aliphatic rings. The minimum Gasteiger partial charge on any atom is -0.385 e. The van der Waals surface area contributed by atoms with Gasteiger partial charge in [-0.3, -0.25) is 9.59 Å². The number of hydrogen-bond donors (Lipinski definition) is 0. The number of methoxy groups -OCH3 is 1. The molecule has 1 atom stereocenters. The highest BCUT2D eigenvalue weighted by Crippen LogP contribution is 2.39. The molecule has 0 fully saturated rings. The molecule has 0 N–H and O–H groups in total. The van der Waals surface area contributed by atoms with Crippen LogP contribution in [0.5, 0.6) is 0 Å². The monoisotopic (exact) mass is 484 g/mol. The number of carbonyl (C=O) groups is 2. The van der Waals surface area contributed by atoms with Crippen LogP contribution in [0.4, 0.5) is 0 Å². The number of ether oxygens (including phenoxy) is 1. The van der Waals surface area contributed by atoms with Gasteiger partial charge in [0.2, 0.25) is 11.8 Å². The summed E-state index contributed by atoms with van der Waals surface area (Å²) in [4.78, 5) is 31.9. The van der Waals surface area contributed by atoms with Crippen LogP contribution in [0.25, 0.3) is 0 Å². The molecule has 2 aromatic rings. The fourth-order valence-corrected chi connectivity index (χ4v) is 5.70. The van der Waals surface area contributed by atoms with Crippen LogP contribution in [0.3, 0.4) is 0 Å². The average molecular weight is 485 g/mol. The van der Waals surface area contributed by atoms with E-state index >= 15 is 0 Å². The molecule has 0 spiro atoms. The van der Waals surface area contributed by atoms with Crippen LogP contribution >= 0.6 is 11.3 Å². The normalized spacial score (nSPS) is 15.3. The van der Waals surface area contributed by atoms with Gasteiger partial charge < -0.3 is 14.5 Å². The lowest BCUT2D eigenvalue weighted by atomic mass is 9.90. The lowest BCUT2D eigenvalue weighted by Gasteiger charge is -2.38. The van der Waals surface area contributed by atoms with E-state index in [2.05, 4.69) is 37.4 Å². The van der Waals surface area contributed by atoms with E-state index < -0.39 is 0 Å². The zero-order valence-electron chi connectivity index (χ0n) is 21.1. The van der Waals surface area contributed by atoms with Crippen LogP contribution in [-0.2, 0) is 20.7 Å². The Balaban J connectivity index is 1.74. The van der Waals surface area contributed by atoms with E-state index in [0.717, 1.165) is 25.7 Å². The van der Waals surface area contributed by atoms with Crippen LogP contribution in [-0.4, -0.2) is 55.0 Å². The first-order valence-electron chi connectivity index (χ1n) is 12.7. The fourth-order valence-electron chi connectivity index (χ4n) is 4.80. The van der Waals surface area contributed by atoms with Gasteiger partial charge in [-0.25, -0.2) is 0 Å².